The Morgan fingerprint density at radius 2 is 1.74 bits per heavy atom. The number of carbonyl (C=O) groups excluding carboxylic acids is 2. The molecular weight excluding hydrogens is 509 g/mol. The molecule has 2 aromatic carbocycles. The Bertz CT molecular complexity index is 1140. The van der Waals surface area contributed by atoms with E-state index in [1.54, 1.807) is 43.3 Å². The van der Waals surface area contributed by atoms with Crippen molar-refractivity contribution < 1.29 is 18.0 Å². The van der Waals surface area contributed by atoms with Gasteiger partial charge in [-0.25, -0.2) is 8.42 Å². The summed E-state index contributed by atoms with van der Waals surface area (Å²) in [7, 11) is -3.83. The second-order valence-electron chi connectivity index (χ2n) is 8.38. The summed E-state index contributed by atoms with van der Waals surface area (Å²) in [5, 5.41) is 3.73. The Labute approximate surface area is 218 Å². The summed E-state index contributed by atoms with van der Waals surface area (Å²) in [5.74, 6) is -0.810. The zero-order valence-electron chi connectivity index (χ0n) is 20.6. The largest absolute Gasteiger partial charge is 0.354 e. The molecule has 10 heteroatoms. The van der Waals surface area contributed by atoms with E-state index in [4.69, 9.17) is 23.2 Å². The summed E-state index contributed by atoms with van der Waals surface area (Å²) in [6.07, 6.45) is 3.11. The van der Waals surface area contributed by atoms with Crippen LogP contribution in [0.1, 0.15) is 44.2 Å². The van der Waals surface area contributed by atoms with Crippen LogP contribution in [0.5, 0.6) is 0 Å². The molecule has 2 amide bonds. The molecule has 0 saturated heterocycles. The van der Waals surface area contributed by atoms with Gasteiger partial charge in [0.25, 0.3) is 0 Å². The van der Waals surface area contributed by atoms with Gasteiger partial charge in [0.1, 0.15) is 12.6 Å². The van der Waals surface area contributed by atoms with Crippen molar-refractivity contribution in [3.63, 3.8) is 0 Å². The number of sulfonamides is 1. The van der Waals surface area contributed by atoms with Crippen molar-refractivity contribution in [2.45, 2.75) is 52.6 Å². The molecule has 7 nitrogen and oxygen atoms in total. The molecule has 0 fully saturated rings. The monoisotopic (exact) mass is 541 g/mol. The first-order valence-electron chi connectivity index (χ1n) is 11.5. The predicted molar refractivity (Wildman–Crippen MR) is 142 cm³/mol. The maximum atomic E-state index is 13.6. The van der Waals surface area contributed by atoms with Crippen LogP contribution in [0, 0.1) is 6.92 Å². The van der Waals surface area contributed by atoms with Crippen LogP contribution in [-0.4, -0.2) is 50.5 Å². The Morgan fingerprint density at radius 3 is 2.31 bits per heavy atom. The average Bonchev–Trinajstić information content (AvgIpc) is 2.79. The third-order valence-electron chi connectivity index (χ3n) is 5.64. The first-order chi connectivity index (χ1) is 16.5. The molecule has 0 unspecified atom stereocenters. The van der Waals surface area contributed by atoms with Gasteiger partial charge in [-0.15, -0.1) is 0 Å². The fourth-order valence-corrected chi connectivity index (χ4v) is 4.80. The van der Waals surface area contributed by atoms with Gasteiger partial charge in [0, 0.05) is 23.1 Å². The number of rotatable bonds is 12. The van der Waals surface area contributed by atoms with Crippen LogP contribution in [0.25, 0.3) is 0 Å². The highest BCUT2D eigenvalue weighted by Gasteiger charge is 2.32. The van der Waals surface area contributed by atoms with E-state index in [-0.39, 0.29) is 18.1 Å². The summed E-state index contributed by atoms with van der Waals surface area (Å²) >= 11 is 12.6. The summed E-state index contributed by atoms with van der Waals surface area (Å²) in [5.41, 5.74) is 1.71. The lowest BCUT2D eigenvalue weighted by atomic mass is 10.1. The summed E-state index contributed by atoms with van der Waals surface area (Å²) < 4.78 is 26.3. The van der Waals surface area contributed by atoms with Gasteiger partial charge in [0.05, 0.1) is 11.9 Å². The highest BCUT2D eigenvalue weighted by molar-refractivity contribution is 7.92. The second-order valence-corrected chi connectivity index (χ2v) is 11.1. The van der Waals surface area contributed by atoms with Crippen molar-refractivity contribution in [1.29, 1.82) is 0 Å². The SMILES string of the molecule is CCCCNC(=O)[C@H](CC)N(Cc1ccccc1Cl)C(=O)CN(c1ccc(C)c(Cl)c1)S(C)(=O)=O. The number of carbonyl (C=O) groups is 2. The minimum atomic E-state index is -3.83. The number of benzene rings is 2. The highest BCUT2D eigenvalue weighted by atomic mass is 35.5. The molecule has 0 radical (unpaired) electrons. The van der Waals surface area contributed by atoms with Crippen molar-refractivity contribution in [3.8, 4) is 0 Å². The van der Waals surface area contributed by atoms with Crippen LogP contribution in [0.15, 0.2) is 42.5 Å². The number of unbranched alkanes of at least 4 members (excludes halogenated alkanes) is 1. The third kappa shape index (κ3) is 8.12. The van der Waals surface area contributed by atoms with E-state index in [1.807, 2.05) is 13.8 Å². The minimum absolute atomic E-state index is 0.0600. The van der Waals surface area contributed by atoms with Crippen molar-refractivity contribution in [2.24, 2.45) is 0 Å². The number of hydrogen-bond acceptors (Lipinski definition) is 4. The first-order valence-corrected chi connectivity index (χ1v) is 14.1. The molecule has 1 N–H and O–H groups in total. The molecule has 0 heterocycles. The van der Waals surface area contributed by atoms with E-state index in [0.717, 1.165) is 29.0 Å². The van der Waals surface area contributed by atoms with E-state index in [1.165, 1.54) is 11.0 Å². The molecular formula is C25H33Cl2N3O4S. The lowest BCUT2D eigenvalue weighted by Crippen LogP contribution is -2.52. The van der Waals surface area contributed by atoms with Crippen molar-refractivity contribution in [1.82, 2.24) is 10.2 Å². The van der Waals surface area contributed by atoms with Crippen LogP contribution < -0.4 is 9.62 Å². The number of nitrogens with one attached hydrogen (secondary N) is 1. The fraction of sp³-hybridized carbons (Fsp3) is 0.440. The Kier molecular flexibility index (Phi) is 10.9. The van der Waals surface area contributed by atoms with Gasteiger partial charge in [-0.05, 0) is 49.1 Å². The van der Waals surface area contributed by atoms with Crippen LogP contribution >= 0.6 is 23.2 Å². The van der Waals surface area contributed by atoms with Gasteiger partial charge in [-0.2, -0.15) is 0 Å². The molecule has 1 atom stereocenters. The van der Waals surface area contributed by atoms with E-state index in [0.29, 0.717) is 28.6 Å². The zero-order chi connectivity index (χ0) is 26.2. The first kappa shape index (κ1) is 28.9. The molecule has 0 saturated carbocycles. The van der Waals surface area contributed by atoms with E-state index < -0.39 is 28.5 Å². The molecule has 192 valence electrons. The lowest BCUT2D eigenvalue weighted by Gasteiger charge is -2.33. The smallest absolute Gasteiger partial charge is 0.244 e. The summed E-state index contributed by atoms with van der Waals surface area (Å²) in [4.78, 5) is 28.1. The summed E-state index contributed by atoms with van der Waals surface area (Å²) in [6, 6.07) is 11.1. The molecule has 0 aliphatic carbocycles. The third-order valence-corrected chi connectivity index (χ3v) is 7.55. The second kappa shape index (κ2) is 13.1. The van der Waals surface area contributed by atoms with Crippen LogP contribution in [-0.2, 0) is 26.2 Å². The Morgan fingerprint density at radius 1 is 1.06 bits per heavy atom. The molecule has 35 heavy (non-hydrogen) atoms. The standard InChI is InChI=1S/C25H33Cl2N3O4S/c1-5-7-14-28-25(32)23(6-2)29(16-19-10-8-9-11-21(19)26)24(31)17-30(35(4,33)34)20-13-12-18(3)22(27)15-20/h8-13,15,23H,5-7,14,16-17H2,1-4H3,(H,28,32)/t23-/m0/s1. The number of anilines is 1. The maximum Gasteiger partial charge on any atom is 0.244 e. The molecule has 0 aromatic heterocycles. The molecule has 0 bridgehead atoms. The lowest BCUT2D eigenvalue weighted by molar-refractivity contribution is -0.140. The molecule has 0 aliphatic rings. The maximum absolute atomic E-state index is 13.6. The Hall–Kier alpha value is -2.29. The predicted octanol–water partition coefficient (Wildman–Crippen LogP) is 4.79. The zero-order valence-corrected chi connectivity index (χ0v) is 22.9. The molecule has 2 rings (SSSR count). The van der Waals surface area contributed by atoms with Crippen molar-refractivity contribution >= 4 is 50.7 Å². The highest BCUT2D eigenvalue weighted by Crippen LogP contribution is 2.26. The van der Waals surface area contributed by atoms with Crippen molar-refractivity contribution in [3.05, 3.63) is 63.6 Å². The molecule has 0 spiro atoms. The van der Waals surface area contributed by atoms with Gasteiger partial charge in [0.2, 0.25) is 21.8 Å². The molecule has 2 aromatic rings. The minimum Gasteiger partial charge on any atom is -0.354 e. The number of nitrogens with zero attached hydrogens (tertiary/aromatic N) is 2. The molecule has 0 aliphatic heterocycles. The van der Waals surface area contributed by atoms with Crippen molar-refractivity contribution in [2.75, 3.05) is 23.7 Å². The topological polar surface area (TPSA) is 86.8 Å². The van der Waals surface area contributed by atoms with Crippen LogP contribution in [0.2, 0.25) is 10.0 Å². The number of amides is 2. The Balaban J connectivity index is 2.43. The van der Waals surface area contributed by atoms with Gasteiger partial charge in [-0.1, -0.05) is 67.7 Å². The van der Waals surface area contributed by atoms with Gasteiger partial charge in [0.15, 0.2) is 0 Å². The number of hydrogen-bond donors (Lipinski definition) is 1. The van der Waals surface area contributed by atoms with E-state index in [9.17, 15) is 18.0 Å². The van der Waals surface area contributed by atoms with Crippen LogP contribution in [0.4, 0.5) is 5.69 Å². The normalized spacial score (nSPS) is 12.2. The fourth-order valence-electron chi connectivity index (χ4n) is 3.59. The van der Waals surface area contributed by atoms with Gasteiger partial charge >= 0.3 is 0 Å². The van der Waals surface area contributed by atoms with E-state index in [2.05, 4.69) is 5.32 Å². The number of aryl methyl sites for hydroxylation is 1. The number of halogens is 2. The quantitative estimate of drug-likeness (QED) is 0.391. The van der Waals surface area contributed by atoms with Gasteiger partial charge in [-0.3, -0.25) is 13.9 Å². The summed E-state index contributed by atoms with van der Waals surface area (Å²) in [6.45, 7) is 5.71. The average molecular weight is 543 g/mol. The van der Waals surface area contributed by atoms with Crippen LogP contribution in [0.3, 0.4) is 0 Å². The van der Waals surface area contributed by atoms with Gasteiger partial charge < -0.3 is 10.2 Å². The van der Waals surface area contributed by atoms with E-state index >= 15 is 0 Å².